The van der Waals surface area contributed by atoms with Crippen LogP contribution in [-0.2, 0) is 0 Å². The summed E-state index contributed by atoms with van der Waals surface area (Å²) >= 11 is 0. The standard InChI is InChI=1S/C14H18/c1-2-14-8-7-12(9-14)13(10-14)11-5-3-4-6-11/h2-3,5,7-8,11-13H,1,4,6,9-10H2. The normalized spacial score (nSPS) is 49.0. The van der Waals surface area contributed by atoms with E-state index < -0.39 is 0 Å². The minimum Gasteiger partial charge on any atom is -0.102 e. The molecule has 3 rings (SSSR count). The van der Waals surface area contributed by atoms with Crippen molar-refractivity contribution < 1.29 is 0 Å². The van der Waals surface area contributed by atoms with Crippen molar-refractivity contribution in [2.45, 2.75) is 25.7 Å². The fraction of sp³-hybridized carbons (Fsp3) is 0.571. The SMILES string of the molecule is C=CC12C=CC(C1)C(C1C=CCC1)C2. The highest BCUT2D eigenvalue weighted by molar-refractivity contribution is 5.25. The molecular formula is C14H18. The Morgan fingerprint density at radius 2 is 2.14 bits per heavy atom. The Balaban J connectivity index is 1.83. The van der Waals surface area contributed by atoms with Gasteiger partial charge in [-0.2, -0.15) is 0 Å². The highest BCUT2D eigenvalue weighted by atomic mass is 14.5. The van der Waals surface area contributed by atoms with Gasteiger partial charge < -0.3 is 0 Å². The third kappa shape index (κ3) is 1.06. The van der Waals surface area contributed by atoms with Crippen LogP contribution in [0.25, 0.3) is 0 Å². The van der Waals surface area contributed by atoms with E-state index in [4.69, 9.17) is 0 Å². The van der Waals surface area contributed by atoms with Crippen molar-refractivity contribution in [3.63, 3.8) is 0 Å². The minimum atomic E-state index is 0.381. The summed E-state index contributed by atoms with van der Waals surface area (Å²) in [7, 11) is 0. The first-order valence-corrected chi connectivity index (χ1v) is 5.83. The molecule has 4 atom stereocenters. The molecule has 2 bridgehead atoms. The molecule has 0 nitrogen and oxygen atoms in total. The zero-order valence-electron chi connectivity index (χ0n) is 8.65. The minimum absolute atomic E-state index is 0.381. The lowest BCUT2D eigenvalue weighted by Crippen LogP contribution is -2.18. The lowest BCUT2D eigenvalue weighted by molar-refractivity contribution is 0.326. The van der Waals surface area contributed by atoms with E-state index in [0.717, 1.165) is 17.8 Å². The first-order chi connectivity index (χ1) is 6.83. The molecule has 1 saturated carbocycles. The summed E-state index contributed by atoms with van der Waals surface area (Å²) < 4.78 is 0. The summed E-state index contributed by atoms with van der Waals surface area (Å²) in [6.45, 7) is 4.00. The molecule has 0 aliphatic heterocycles. The van der Waals surface area contributed by atoms with Crippen LogP contribution in [-0.4, -0.2) is 0 Å². The van der Waals surface area contributed by atoms with E-state index in [2.05, 4.69) is 37.0 Å². The van der Waals surface area contributed by atoms with Gasteiger partial charge in [0.2, 0.25) is 0 Å². The van der Waals surface area contributed by atoms with Crippen LogP contribution in [0.3, 0.4) is 0 Å². The van der Waals surface area contributed by atoms with Crippen molar-refractivity contribution in [1.82, 2.24) is 0 Å². The second-order valence-electron chi connectivity index (χ2n) is 5.20. The number of hydrogen-bond donors (Lipinski definition) is 0. The molecule has 14 heavy (non-hydrogen) atoms. The lowest BCUT2D eigenvalue weighted by Gasteiger charge is -2.26. The van der Waals surface area contributed by atoms with Gasteiger partial charge in [-0.05, 0) is 43.4 Å². The van der Waals surface area contributed by atoms with Crippen molar-refractivity contribution in [1.29, 1.82) is 0 Å². The zero-order chi connectivity index (χ0) is 9.60. The molecule has 3 aliphatic carbocycles. The van der Waals surface area contributed by atoms with Gasteiger partial charge in [0.1, 0.15) is 0 Å². The Kier molecular flexibility index (Phi) is 1.74. The van der Waals surface area contributed by atoms with Crippen LogP contribution in [0.15, 0.2) is 37.0 Å². The van der Waals surface area contributed by atoms with Crippen LogP contribution in [0.5, 0.6) is 0 Å². The van der Waals surface area contributed by atoms with Crippen molar-refractivity contribution in [2.75, 3.05) is 0 Å². The average molecular weight is 186 g/mol. The molecule has 4 unspecified atom stereocenters. The molecule has 0 N–H and O–H groups in total. The van der Waals surface area contributed by atoms with Gasteiger partial charge in [-0.15, -0.1) is 6.58 Å². The van der Waals surface area contributed by atoms with E-state index in [1.54, 1.807) is 0 Å². The Hall–Kier alpha value is -0.780. The lowest BCUT2D eigenvalue weighted by atomic mass is 9.78. The first kappa shape index (κ1) is 8.52. The van der Waals surface area contributed by atoms with Crippen molar-refractivity contribution in [3.8, 4) is 0 Å². The van der Waals surface area contributed by atoms with Crippen molar-refractivity contribution in [2.24, 2.45) is 23.2 Å². The van der Waals surface area contributed by atoms with Crippen LogP contribution < -0.4 is 0 Å². The van der Waals surface area contributed by atoms with Crippen molar-refractivity contribution in [3.05, 3.63) is 37.0 Å². The van der Waals surface area contributed by atoms with Crippen molar-refractivity contribution >= 4 is 0 Å². The molecule has 0 heterocycles. The van der Waals surface area contributed by atoms with Gasteiger partial charge in [0.15, 0.2) is 0 Å². The van der Waals surface area contributed by atoms with E-state index in [1.165, 1.54) is 25.7 Å². The summed E-state index contributed by atoms with van der Waals surface area (Å²) in [5.41, 5.74) is 0.381. The van der Waals surface area contributed by atoms with Crippen LogP contribution >= 0.6 is 0 Å². The number of allylic oxidation sites excluding steroid dienone is 5. The molecule has 0 heteroatoms. The first-order valence-electron chi connectivity index (χ1n) is 5.83. The van der Waals surface area contributed by atoms with Crippen LogP contribution in [0.2, 0.25) is 0 Å². The van der Waals surface area contributed by atoms with Gasteiger partial charge >= 0.3 is 0 Å². The van der Waals surface area contributed by atoms with E-state index >= 15 is 0 Å². The maximum Gasteiger partial charge on any atom is 0.00671 e. The predicted molar refractivity (Wildman–Crippen MR) is 59.8 cm³/mol. The quantitative estimate of drug-likeness (QED) is 0.576. The summed E-state index contributed by atoms with van der Waals surface area (Å²) in [4.78, 5) is 0. The second-order valence-corrected chi connectivity index (χ2v) is 5.20. The fourth-order valence-corrected chi connectivity index (χ4v) is 3.64. The smallest absolute Gasteiger partial charge is 0.00671 e. The maximum absolute atomic E-state index is 4.00. The van der Waals surface area contributed by atoms with E-state index in [1.807, 2.05) is 0 Å². The Morgan fingerprint density at radius 1 is 1.21 bits per heavy atom. The third-order valence-corrected chi connectivity index (χ3v) is 4.46. The highest BCUT2D eigenvalue weighted by Crippen LogP contribution is 2.56. The zero-order valence-corrected chi connectivity index (χ0v) is 8.65. The molecule has 1 fully saturated rings. The number of hydrogen-bond acceptors (Lipinski definition) is 0. The molecule has 74 valence electrons. The Labute approximate surface area is 86.4 Å². The molecule has 0 aromatic carbocycles. The molecular weight excluding hydrogens is 168 g/mol. The largest absolute Gasteiger partial charge is 0.102 e. The van der Waals surface area contributed by atoms with Crippen LogP contribution in [0, 0.1) is 23.2 Å². The summed E-state index contributed by atoms with van der Waals surface area (Å²) in [6.07, 6.45) is 17.2. The van der Waals surface area contributed by atoms with Gasteiger partial charge in [0.05, 0.1) is 0 Å². The van der Waals surface area contributed by atoms with E-state index in [-0.39, 0.29) is 0 Å². The molecule has 0 aromatic rings. The maximum atomic E-state index is 4.00. The third-order valence-electron chi connectivity index (χ3n) is 4.46. The van der Waals surface area contributed by atoms with Gasteiger partial charge in [0, 0.05) is 5.41 Å². The molecule has 0 aromatic heterocycles. The van der Waals surface area contributed by atoms with Gasteiger partial charge in [-0.1, -0.05) is 30.4 Å². The van der Waals surface area contributed by atoms with Crippen LogP contribution in [0.4, 0.5) is 0 Å². The summed E-state index contributed by atoms with van der Waals surface area (Å²) in [6, 6.07) is 0. The number of rotatable bonds is 2. The summed E-state index contributed by atoms with van der Waals surface area (Å²) in [5.74, 6) is 2.63. The van der Waals surface area contributed by atoms with Gasteiger partial charge in [0.25, 0.3) is 0 Å². The molecule has 0 spiro atoms. The fourth-order valence-electron chi connectivity index (χ4n) is 3.64. The Bertz CT molecular complexity index is 310. The number of fused-ring (bicyclic) bond motifs is 2. The Morgan fingerprint density at radius 3 is 2.79 bits per heavy atom. The monoisotopic (exact) mass is 186 g/mol. The molecule has 0 radical (unpaired) electrons. The van der Waals surface area contributed by atoms with Gasteiger partial charge in [-0.3, -0.25) is 0 Å². The predicted octanol–water partition coefficient (Wildman–Crippen LogP) is 3.72. The molecule has 0 amide bonds. The molecule has 0 saturated heterocycles. The molecule has 3 aliphatic rings. The average Bonchev–Trinajstić information content (AvgIpc) is 2.93. The topological polar surface area (TPSA) is 0 Å². The summed E-state index contributed by atoms with van der Waals surface area (Å²) in [5, 5.41) is 0. The van der Waals surface area contributed by atoms with E-state index in [9.17, 15) is 0 Å². The second kappa shape index (κ2) is 2.85. The highest BCUT2D eigenvalue weighted by Gasteiger charge is 2.47. The van der Waals surface area contributed by atoms with Crippen LogP contribution in [0.1, 0.15) is 25.7 Å². The van der Waals surface area contributed by atoms with Gasteiger partial charge in [-0.25, -0.2) is 0 Å². The van der Waals surface area contributed by atoms with E-state index in [0.29, 0.717) is 5.41 Å².